The van der Waals surface area contributed by atoms with Gasteiger partial charge >= 0.3 is 0 Å². The van der Waals surface area contributed by atoms with Gasteiger partial charge in [0.1, 0.15) is 16.8 Å². The van der Waals surface area contributed by atoms with Gasteiger partial charge in [-0.1, -0.05) is 36.9 Å². The zero-order valence-electron chi connectivity index (χ0n) is 18.6. The van der Waals surface area contributed by atoms with Crippen LogP contribution in [0, 0.1) is 17.2 Å². The second kappa shape index (κ2) is 10.2. The third-order valence-corrected chi connectivity index (χ3v) is 7.72. The van der Waals surface area contributed by atoms with E-state index < -0.39 is 0 Å². The van der Waals surface area contributed by atoms with E-state index in [-0.39, 0.29) is 11.7 Å². The molecule has 0 saturated carbocycles. The molecule has 9 heteroatoms. The fraction of sp³-hybridized carbons (Fsp3) is 0.333. The third kappa shape index (κ3) is 4.82. The van der Waals surface area contributed by atoms with E-state index in [0.29, 0.717) is 39.8 Å². The van der Waals surface area contributed by atoms with Crippen molar-refractivity contribution in [1.82, 2.24) is 14.8 Å². The van der Waals surface area contributed by atoms with Crippen molar-refractivity contribution >= 4 is 34.0 Å². The SMILES string of the molecule is C=CCn1c(SCC(=O)Nc2sc3c(c2C#N)CC[C@@H](C)C3)nnc1-c1ccccc1OC. The van der Waals surface area contributed by atoms with Gasteiger partial charge in [0.25, 0.3) is 0 Å². The molecule has 33 heavy (non-hydrogen) atoms. The minimum Gasteiger partial charge on any atom is -0.496 e. The molecule has 1 atom stereocenters. The highest BCUT2D eigenvalue weighted by atomic mass is 32.2. The Kier molecular flexibility index (Phi) is 7.16. The Bertz CT molecular complexity index is 1220. The number of thioether (sulfide) groups is 1. The van der Waals surface area contributed by atoms with Crippen molar-refractivity contribution < 1.29 is 9.53 Å². The van der Waals surface area contributed by atoms with Crippen LogP contribution in [0.4, 0.5) is 5.00 Å². The van der Waals surface area contributed by atoms with E-state index in [0.717, 1.165) is 30.4 Å². The number of para-hydroxylation sites is 1. The Morgan fingerprint density at radius 1 is 1.45 bits per heavy atom. The Balaban J connectivity index is 1.50. The van der Waals surface area contributed by atoms with Gasteiger partial charge in [0, 0.05) is 11.4 Å². The average molecular weight is 480 g/mol. The molecular formula is C24H25N5O2S2. The molecule has 3 aromatic rings. The maximum absolute atomic E-state index is 12.7. The van der Waals surface area contributed by atoms with E-state index >= 15 is 0 Å². The zero-order valence-corrected chi connectivity index (χ0v) is 20.3. The number of nitrogens with one attached hydrogen (secondary N) is 1. The first-order valence-corrected chi connectivity index (χ1v) is 12.5. The molecule has 0 unspecified atom stereocenters. The number of carbonyl (C=O) groups excluding carboxylic acids is 1. The topological polar surface area (TPSA) is 92.8 Å². The van der Waals surface area contributed by atoms with Crippen molar-refractivity contribution in [3.63, 3.8) is 0 Å². The fourth-order valence-corrected chi connectivity index (χ4v) is 6.09. The van der Waals surface area contributed by atoms with Crippen LogP contribution in [0.15, 0.2) is 42.1 Å². The molecule has 0 fully saturated rings. The minimum absolute atomic E-state index is 0.158. The summed E-state index contributed by atoms with van der Waals surface area (Å²) in [5, 5.41) is 22.5. The predicted molar refractivity (Wildman–Crippen MR) is 132 cm³/mol. The highest BCUT2D eigenvalue weighted by molar-refractivity contribution is 7.99. The zero-order chi connectivity index (χ0) is 23.4. The lowest BCUT2D eigenvalue weighted by molar-refractivity contribution is -0.113. The number of allylic oxidation sites excluding steroid dienone is 1. The number of ether oxygens (including phenoxy) is 1. The van der Waals surface area contributed by atoms with Gasteiger partial charge in [0.15, 0.2) is 11.0 Å². The molecule has 170 valence electrons. The van der Waals surface area contributed by atoms with Crippen molar-refractivity contribution in [2.75, 3.05) is 18.2 Å². The second-order valence-corrected chi connectivity index (χ2v) is 9.96. The van der Waals surface area contributed by atoms with Gasteiger partial charge in [-0.05, 0) is 42.9 Å². The quantitative estimate of drug-likeness (QED) is 0.364. The van der Waals surface area contributed by atoms with Gasteiger partial charge in [-0.25, -0.2) is 0 Å². The van der Waals surface area contributed by atoms with Crippen LogP contribution in [0.3, 0.4) is 0 Å². The van der Waals surface area contributed by atoms with Crippen LogP contribution < -0.4 is 10.1 Å². The summed E-state index contributed by atoms with van der Waals surface area (Å²) in [5.74, 6) is 1.95. The molecule has 1 amide bonds. The molecule has 7 nitrogen and oxygen atoms in total. The number of thiophene rings is 1. The molecule has 1 aromatic carbocycles. The van der Waals surface area contributed by atoms with Crippen molar-refractivity contribution in [3.8, 4) is 23.2 Å². The lowest BCUT2D eigenvalue weighted by atomic mass is 9.89. The van der Waals surface area contributed by atoms with Gasteiger partial charge in [0.05, 0.1) is 24.0 Å². The van der Waals surface area contributed by atoms with Crippen molar-refractivity contribution in [1.29, 1.82) is 5.26 Å². The first-order valence-electron chi connectivity index (χ1n) is 10.7. The molecule has 2 heterocycles. The van der Waals surface area contributed by atoms with Crippen LogP contribution in [0.5, 0.6) is 5.75 Å². The van der Waals surface area contributed by atoms with Crippen molar-refractivity contribution in [2.24, 2.45) is 5.92 Å². The summed E-state index contributed by atoms with van der Waals surface area (Å²) in [7, 11) is 1.62. The number of rotatable bonds is 8. The lowest BCUT2D eigenvalue weighted by Gasteiger charge is -2.17. The summed E-state index contributed by atoms with van der Waals surface area (Å²) in [6.45, 7) is 6.56. The summed E-state index contributed by atoms with van der Waals surface area (Å²) in [5.41, 5.74) is 2.55. The van der Waals surface area contributed by atoms with Crippen molar-refractivity contribution in [2.45, 2.75) is 37.9 Å². The number of nitriles is 1. The summed E-state index contributed by atoms with van der Waals surface area (Å²) >= 11 is 2.84. The van der Waals surface area contributed by atoms with E-state index in [1.165, 1.54) is 28.0 Å². The van der Waals surface area contributed by atoms with Gasteiger partial charge < -0.3 is 10.1 Å². The van der Waals surface area contributed by atoms with Gasteiger partial charge in [-0.2, -0.15) is 5.26 Å². The Morgan fingerprint density at radius 3 is 3.03 bits per heavy atom. The molecule has 1 aliphatic rings. The summed E-state index contributed by atoms with van der Waals surface area (Å²) in [6.07, 6.45) is 4.71. The maximum Gasteiger partial charge on any atom is 0.235 e. The molecule has 0 saturated heterocycles. The number of methoxy groups -OCH3 is 1. The number of nitrogens with zero attached hydrogens (tertiary/aromatic N) is 4. The third-order valence-electron chi connectivity index (χ3n) is 5.59. The monoisotopic (exact) mass is 479 g/mol. The first-order chi connectivity index (χ1) is 16.0. The van der Waals surface area contributed by atoms with E-state index in [9.17, 15) is 10.1 Å². The van der Waals surface area contributed by atoms with Crippen LogP contribution in [-0.4, -0.2) is 33.5 Å². The molecule has 4 rings (SSSR count). The van der Waals surface area contributed by atoms with E-state index in [1.54, 1.807) is 13.2 Å². The fourth-order valence-electron chi connectivity index (χ4n) is 3.97. The number of carbonyl (C=O) groups is 1. The van der Waals surface area contributed by atoms with Gasteiger partial charge in [-0.3, -0.25) is 9.36 Å². The number of fused-ring (bicyclic) bond motifs is 1. The maximum atomic E-state index is 12.7. The highest BCUT2D eigenvalue weighted by Crippen LogP contribution is 2.39. The standard InChI is InChI=1S/C24H25N5O2S2/c1-4-11-29-22(17-7-5-6-8-19(17)31-3)27-28-24(29)32-14-21(30)26-23-18(13-25)16-10-9-15(2)12-20(16)33-23/h4-8,15H,1,9-12,14H2,2-3H3,(H,26,30)/t15-/m1/s1. The number of anilines is 1. The van der Waals surface area contributed by atoms with E-state index in [1.807, 2.05) is 28.8 Å². The van der Waals surface area contributed by atoms with Crippen LogP contribution in [-0.2, 0) is 24.2 Å². The minimum atomic E-state index is -0.171. The largest absolute Gasteiger partial charge is 0.496 e. The summed E-state index contributed by atoms with van der Waals surface area (Å²) < 4.78 is 7.38. The second-order valence-electron chi connectivity index (χ2n) is 7.91. The van der Waals surface area contributed by atoms with Crippen LogP contribution in [0.1, 0.15) is 29.3 Å². The molecule has 1 N–H and O–H groups in total. The molecule has 0 spiro atoms. The normalized spacial score (nSPS) is 14.9. The van der Waals surface area contributed by atoms with Gasteiger partial charge in [-0.15, -0.1) is 28.1 Å². The van der Waals surface area contributed by atoms with E-state index in [4.69, 9.17) is 4.74 Å². The van der Waals surface area contributed by atoms with Gasteiger partial charge in [0.2, 0.25) is 5.91 Å². The molecule has 0 bridgehead atoms. The number of benzene rings is 1. The molecule has 2 aromatic heterocycles. The lowest BCUT2D eigenvalue weighted by Crippen LogP contribution is -2.15. The summed E-state index contributed by atoms with van der Waals surface area (Å²) in [6, 6.07) is 9.90. The molecular weight excluding hydrogens is 454 g/mol. The average Bonchev–Trinajstić information content (AvgIpc) is 3.37. The Hall–Kier alpha value is -3.09. The molecule has 0 radical (unpaired) electrons. The highest BCUT2D eigenvalue weighted by Gasteiger charge is 2.25. The van der Waals surface area contributed by atoms with Crippen LogP contribution >= 0.6 is 23.1 Å². The van der Waals surface area contributed by atoms with Crippen LogP contribution in [0.2, 0.25) is 0 Å². The first kappa shape index (κ1) is 23.1. The number of aromatic nitrogens is 3. The number of hydrogen-bond acceptors (Lipinski definition) is 7. The Morgan fingerprint density at radius 2 is 2.27 bits per heavy atom. The van der Waals surface area contributed by atoms with Crippen molar-refractivity contribution in [3.05, 3.63) is 52.9 Å². The molecule has 1 aliphatic carbocycles. The molecule has 0 aliphatic heterocycles. The van der Waals surface area contributed by atoms with Crippen LogP contribution in [0.25, 0.3) is 11.4 Å². The van der Waals surface area contributed by atoms with E-state index in [2.05, 4.69) is 35.1 Å². The number of hydrogen-bond donors (Lipinski definition) is 1. The smallest absolute Gasteiger partial charge is 0.235 e. The number of amides is 1. The summed E-state index contributed by atoms with van der Waals surface area (Å²) in [4.78, 5) is 14.0. The predicted octanol–water partition coefficient (Wildman–Crippen LogP) is 4.93. The Labute approximate surface area is 201 Å².